The van der Waals surface area contributed by atoms with E-state index < -0.39 is 0 Å². The van der Waals surface area contributed by atoms with Crippen LogP contribution in [0.2, 0.25) is 0 Å². The van der Waals surface area contributed by atoms with Gasteiger partial charge in [-0.25, -0.2) is 4.39 Å². The number of hydrogen-bond donors (Lipinski definition) is 1. The highest BCUT2D eigenvalue weighted by Crippen LogP contribution is 2.31. The Balaban J connectivity index is 2.41. The summed E-state index contributed by atoms with van der Waals surface area (Å²) in [7, 11) is 1.91. The molecule has 0 bridgehead atoms. The third-order valence-electron chi connectivity index (χ3n) is 2.88. The van der Waals surface area contributed by atoms with Crippen LogP contribution in [0.5, 0.6) is 0 Å². The van der Waals surface area contributed by atoms with Gasteiger partial charge in [-0.3, -0.25) is 0 Å². The molecule has 0 spiro atoms. The van der Waals surface area contributed by atoms with Crippen molar-refractivity contribution in [2.45, 2.75) is 6.92 Å². The van der Waals surface area contributed by atoms with Crippen molar-refractivity contribution < 1.29 is 4.39 Å². The lowest BCUT2D eigenvalue weighted by Crippen LogP contribution is -2.11. The molecule has 0 aliphatic carbocycles. The van der Waals surface area contributed by atoms with E-state index in [0.717, 1.165) is 15.8 Å². The summed E-state index contributed by atoms with van der Waals surface area (Å²) in [5, 5.41) is 0. The largest absolute Gasteiger partial charge is 0.397 e. The zero-order valence-corrected chi connectivity index (χ0v) is 11.8. The average molecular weight is 309 g/mol. The molecule has 0 amide bonds. The van der Waals surface area contributed by atoms with Crippen LogP contribution in [0.15, 0.2) is 40.9 Å². The summed E-state index contributed by atoms with van der Waals surface area (Å²) in [6.45, 7) is 1.75. The molecule has 2 nitrogen and oxygen atoms in total. The van der Waals surface area contributed by atoms with Crippen molar-refractivity contribution in [3.8, 4) is 0 Å². The number of halogens is 2. The van der Waals surface area contributed by atoms with Gasteiger partial charge in [-0.1, -0.05) is 15.9 Å². The molecule has 0 unspecified atom stereocenters. The first-order valence-electron chi connectivity index (χ1n) is 5.54. The van der Waals surface area contributed by atoms with E-state index in [1.807, 2.05) is 30.1 Å². The molecule has 4 heteroatoms. The monoisotopic (exact) mass is 308 g/mol. The molecule has 0 heterocycles. The highest BCUT2D eigenvalue weighted by Gasteiger charge is 2.09. The first-order valence-corrected chi connectivity index (χ1v) is 6.33. The molecule has 0 aromatic heterocycles. The fourth-order valence-electron chi connectivity index (χ4n) is 1.81. The highest BCUT2D eigenvalue weighted by atomic mass is 79.9. The predicted octanol–water partition coefficient (Wildman–Crippen LogP) is 4.25. The molecule has 0 aliphatic heterocycles. The average Bonchev–Trinajstić information content (AvgIpc) is 2.32. The van der Waals surface area contributed by atoms with Gasteiger partial charge in [-0.05, 0) is 48.9 Å². The van der Waals surface area contributed by atoms with Crippen molar-refractivity contribution >= 4 is 33.0 Å². The van der Waals surface area contributed by atoms with Gasteiger partial charge in [0.25, 0.3) is 0 Å². The summed E-state index contributed by atoms with van der Waals surface area (Å²) in [4.78, 5) is 1.94. The number of nitrogens with two attached hydrogens (primary N) is 1. The molecule has 2 aromatic carbocycles. The van der Waals surface area contributed by atoms with Crippen LogP contribution in [0.1, 0.15) is 5.56 Å². The van der Waals surface area contributed by atoms with E-state index >= 15 is 0 Å². The van der Waals surface area contributed by atoms with Crippen LogP contribution in [0, 0.1) is 12.7 Å². The SMILES string of the molecule is Cc1cc(N(C)c2ccc(Br)cc2N)ccc1F. The summed E-state index contributed by atoms with van der Waals surface area (Å²) < 4.78 is 14.2. The molecule has 18 heavy (non-hydrogen) atoms. The van der Waals surface area contributed by atoms with Gasteiger partial charge in [0, 0.05) is 17.2 Å². The molecule has 2 aromatic rings. The number of nitrogen functional groups attached to an aromatic ring is 1. The number of benzene rings is 2. The Labute approximate surface area is 114 Å². The third-order valence-corrected chi connectivity index (χ3v) is 3.37. The summed E-state index contributed by atoms with van der Waals surface area (Å²) in [6.07, 6.45) is 0. The summed E-state index contributed by atoms with van der Waals surface area (Å²) >= 11 is 3.37. The Kier molecular flexibility index (Phi) is 3.57. The number of aryl methyl sites for hydroxylation is 1. The molecule has 2 N–H and O–H groups in total. The van der Waals surface area contributed by atoms with Crippen LogP contribution < -0.4 is 10.6 Å². The normalized spacial score (nSPS) is 10.4. The topological polar surface area (TPSA) is 29.3 Å². The molecule has 0 aliphatic rings. The van der Waals surface area contributed by atoms with Gasteiger partial charge in [0.2, 0.25) is 0 Å². The minimum absolute atomic E-state index is 0.198. The van der Waals surface area contributed by atoms with Crippen LogP contribution in [0.4, 0.5) is 21.5 Å². The van der Waals surface area contributed by atoms with Crippen LogP contribution in [0.3, 0.4) is 0 Å². The molecular weight excluding hydrogens is 295 g/mol. The van der Waals surface area contributed by atoms with Crippen molar-refractivity contribution in [1.29, 1.82) is 0 Å². The number of anilines is 3. The number of nitrogens with zero attached hydrogens (tertiary/aromatic N) is 1. The van der Waals surface area contributed by atoms with E-state index in [1.165, 1.54) is 6.07 Å². The van der Waals surface area contributed by atoms with Gasteiger partial charge in [0.1, 0.15) is 5.82 Å². The molecule has 0 radical (unpaired) electrons. The molecule has 94 valence electrons. The number of rotatable bonds is 2. The van der Waals surface area contributed by atoms with Gasteiger partial charge in [-0.2, -0.15) is 0 Å². The maximum Gasteiger partial charge on any atom is 0.126 e. The minimum atomic E-state index is -0.198. The van der Waals surface area contributed by atoms with Crippen molar-refractivity contribution in [3.05, 3.63) is 52.3 Å². The van der Waals surface area contributed by atoms with Crippen molar-refractivity contribution in [1.82, 2.24) is 0 Å². The van der Waals surface area contributed by atoms with E-state index in [-0.39, 0.29) is 5.82 Å². The standard InChI is InChI=1S/C14H14BrFN2/c1-9-7-11(4-5-12(9)16)18(2)14-6-3-10(15)8-13(14)17/h3-8H,17H2,1-2H3. The smallest absolute Gasteiger partial charge is 0.126 e. The van der Waals surface area contributed by atoms with E-state index in [2.05, 4.69) is 15.9 Å². The zero-order valence-electron chi connectivity index (χ0n) is 10.2. The Hall–Kier alpha value is -1.55. The Morgan fingerprint density at radius 1 is 1.17 bits per heavy atom. The van der Waals surface area contributed by atoms with E-state index in [0.29, 0.717) is 11.3 Å². The predicted molar refractivity (Wildman–Crippen MR) is 77.8 cm³/mol. The summed E-state index contributed by atoms with van der Waals surface area (Å²) in [5.41, 5.74) is 9.08. The van der Waals surface area contributed by atoms with Gasteiger partial charge in [0.15, 0.2) is 0 Å². The van der Waals surface area contributed by atoms with Gasteiger partial charge < -0.3 is 10.6 Å². The molecule has 0 fully saturated rings. The second-order valence-electron chi connectivity index (χ2n) is 4.20. The third kappa shape index (κ3) is 2.48. The fourth-order valence-corrected chi connectivity index (χ4v) is 2.19. The van der Waals surface area contributed by atoms with E-state index in [9.17, 15) is 4.39 Å². The lowest BCUT2D eigenvalue weighted by molar-refractivity contribution is 0.618. The second kappa shape index (κ2) is 4.98. The van der Waals surface area contributed by atoms with Crippen LogP contribution in [-0.4, -0.2) is 7.05 Å². The van der Waals surface area contributed by atoms with Crippen molar-refractivity contribution in [3.63, 3.8) is 0 Å². The minimum Gasteiger partial charge on any atom is -0.397 e. The molecular formula is C14H14BrFN2. The van der Waals surface area contributed by atoms with E-state index in [4.69, 9.17) is 5.73 Å². The van der Waals surface area contributed by atoms with Crippen molar-refractivity contribution in [2.75, 3.05) is 17.7 Å². The van der Waals surface area contributed by atoms with Gasteiger partial charge in [-0.15, -0.1) is 0 Å². The molecule has 0 atom stereocenters. The number of hydrogen-bond acceptors (Lipinski definition) is 2. The second-order valence-corrected chi connectivity index (χ2v) is 5.11. The lowest BCUT2D eigenvalue weighted by atomic mass is 10.1. The molecule has 0 saturated carbocycles. The van der Waals surface area contributed by atoms with Crippen LogP contribution in [0.25, 0.3) is 0 Å². The Morgan fingerprint density at radius 2 is 1.89 bits per heavy atom. The summed E-state index contributed by atoms with van der Waals surface area (Å²) in [6, 6.07) is 10.7. The van der Waals surface area contributed by atoms with Crippen molar-refractivity contribution in [2.24, 2.45) is 0 Å². The zero-order chi connectivity index (χ0) is 13.3. The summed E-state index contributed by atoms with van der Waals surface area (Å²) in [5.74, 6) is -0.198. The first kappa shape index (κ1) is 12.9. The van der Waals surface area contributed by atoms with Crippen LogP contribution in [-0.2, 0) is 0 Å². The van der Waals surface area contributed by atoms with E-state index in [1.54, 1.807) is 19.1 Å². The van der Waals surface area contributed by atoms with Gasteiger partial charge in [0.05, 0.1) is 11.4 Å². The molecule has 0 saturated heterocycles. The Morgan fingerprint density at radius 3 is 2.50 bits per heavy atom. The Bertz CT molecular complexity index is 584. The quantitative estimate of drug-likeness (QED) is 0.841. The molecule has 2 rings (SSSR count). The lowest BCUT2D eigenvalue weighted by Gasteiger charge is -2.22. The van der Waals surface area contributed by atoms with Gasteiger partial charge >= 0.3 is 0 Å². The first-order chi connectivity index (χ1) is 8.49. The fraction of sp³-hybridized carbons (Fsp3) is 0.143. The maximum absolute atomic E-state index is 13.2. The maximum atomic E-state index is 13.2. The van der Waals surface area contributed by atoms with Crippen LogP contribution >= 0.6 is 15.9 Å². The highest BCUT2D eigenvalue weighted by molar-refractivity contribution is 9.10.